The zero-order valence-electron chi connectivity index (χ0n) is 12.5. The van der Waals surface area contributed by atoms with Crippen molar-refractivity contribution >= 4 is 17.3 Å². The van der Waals surface area contributed by atoms with Crippen molar-refractivity contribution in [3.63, 3.8) is 0 Å². The summed E-state index contributed by atoms with van der Waals surface area (Å²) in [6, 6.07) is 5.46. The molecule has 1 aromatic rings. The van der Waals surface area contributed by atoms with Crippen molar-refractivity contribution in [2.45, 2.75) is 39.7 Å². The number of hydrogen-bond acceptors (Lipinski definition) is 4. The minimum absolute atomic E-state index is 0.0264. The van der Waals surface area contributed by atoms with E-state index in [4.69, 9.17) is 10.5 Å². The summed E-state index contributed by atoms with van der Waals surface area (Å²) < 4.78 is 5.02. The fourth-order valence-electron chi connectivity index (χ4n) is 1.80. The van der Waals surface area contributed by atoms with Gasteiger partial charge in [-0.1, -0.05) is 13.0 Å². The van der Waals surface area contributed by atoms with Gasteiger partial charge < -0.3 is 15.4 Å². The predicted octanol–water partition coefficient (Wildman–Crippen LogP) is 3.07. The molecule has 0 fully saturated rings. The van der Waals surface area contributed by atoms with Gasteiger partial charge >= 0.3 is 5.97 Å². The minimum atomic E-state index is -0.371. The average molecular weight is 264 g/mol. The molecule has 2 N–H and O–H groups in total. The first-order valence-corrected chi connectivity index (χ1v) is 6.64. The lowest BCUT2D eigenvalue weighted by Gasteiger charge is -2.37. The van der Waals surface area contributed by atoms with Crippen LogP contribution in [0.3, 0.4) is 0 Å². The van der Waals surface area contributed by atoms with Gasteiger partial charge in [-0.3, -0.25) is 0 Å². The SMILES string of the molecule is CCOC(=O)c1cccc(N(C)C(C)(C)CC)c1N. The van der Waals surface area contributed by atoms with Gasteiger partial charge in [0.1, 0.15) is 0 Å². The molecule has 0 saturated heterocycles. The van der Waals surface area contributed by atoms with E-state index in [0.29, 0.717) is 17.9 Å². The van der Waals surface area contributed by atoms with Crippen LogP contribution in [0.5, 0.6) is 0 Å². The molecule has 0 amide bonds. The van der Waals surface area contributed by atoms with Crippen molar-refractivity contribution in [2.75, 3.05) is 24.3 Å². The van der Waals surface area contributed by atoms with Crippen LogP contribution in [-0.4, -0.2) is 25.2 Å². The van der Waals surface area contributed by atoms with Gasteiger partial charge in [0.25, 0.3) is 0 Å². The highest BCUT2D eigenvalue weighted by Crippen LogP contribution is 2.32. The molecular weight excluding hydrogens is 240 g/mol. The highest BCUT2D eigenvalue weighted by atomic mass is 16.5. The monoisotopic (exact) mass is 264 g/mol. The van der Waals surface area contributed by atoms with E-state index in [-0.39, 0.29) is 11.5 Å². The second-order valence-corrected chi connectivity index (χ2v) is 5.18. The van der Waals surface area contributed by atoms with Gasteiger partial charge in [-0.05, 0) is 39.3 Å². The zero-order valence-corrected chi connectivity index (χ0v) is 12.5. The van der Waals surface area contributed by atoms with E-state index in [1.54, 1.807) is 13.0 Å². The number of nitrogens with two attached hydrogens (primary N) is 1. The molecule has 0 aliphatic carbocycles. The number of carbonyl (C=O) groups excluding carboxylic acids is 1. The van der Waals surface area contributed by atoms with E-state index in [9.17, 15) is 4.79 Å². The van der Waals surface area contributed by atoms with Crippen LogP contribution >= 0.6 is 0 Å². The molecule has 0 heterocycles. The highest BCUT2D eigenvalue weighted by molar-refractivity contribution is 5.98. The molecule has 0 spiro atoms. The molecule has 19 heavy (non-hydrogen) atoms. The summed E-state index contributed by atoms with van der Waals surface area (Å²) in [7, 11) is 1.99. The Morgan fingerprint density at radius 3 is 2.53 bits per heavy atom. The van der Waals surface area contributed by atoms with E-state index in [1.165, 1.54) is 0 Å². The van der Waals surface area contributed by atoms with Crippen LogP contribution < -0.4 is 10.6 Å². The number of nitrogen functional groups attached to an aromatic ring is 1. The molecule has 0 saturated carbocycles. The maximum atomic E-state index is 11.8. The Kier molecular flexibility index (Phi) is 4.81. The van der Waals surface area contributed by atoms with Gasteiger partial charge in [0.15, 0.2) is 0 Å². The Bertz CT molecular complexity index is 455. The van der Waals surface area contributed by atoms with Crippen LogP contribution in [0.25, 0.3) is 0 Å². The van der Waals surface area contributed by atoms with Gasteiger partial charge in [-0.15, -0.1) is 0 Å². The Hall–Kier alpha value is -1.71. The van der Waals surface area contributed by atoms with Crippen molar-refractivity contribution in [3.8, 4) is 0 Å². The number of esters is 1. The smallest absolute Gasteiger partial charge is 0.340 e. The number of benzene rings is 1. The first-order chi connectivity index (χ1) is 8.85. The highest BCUT2D eigenvalue weighted by Gasteiger charge is 2.24. The van der Waals surface area contributed by atoms with Gasteiger partial charge in [0.05, 0.1) is 23.5 Å². The van der Waals surface area contributed by atoms with Crippen LogP contribution in [0.4, 0.5) is 11.4 Å². The van der Waals surface area contributed by atoms with Crippen molar-refractivity contribution < 1.29 is 9.53 Å². The molecule has 0 atom stereocenters. The number of anilines is 2. The summed E-state index contributed by atoms with van der Waals surface area (Å²) in [5.74, 6) is -0.371. The standard InChI is InChI=1S/C15H24N2O2/c1-6-15(3,4)17(5)12-10-8-9-11(13(12)16)14(18)19-7-2/h8-10H,6-7,16H2,1-5H3. The number of ether oxygens (including phenoxy) is 1. The molecule has 0 aliphatic rings. The van der Waals surface area contributed by atoms with E-state index < -0.39 is 0 Å². The van der Waals surface area contributed by atoms with Gasteiger partial charge in [-0.25, -0.2) is 4.79 Å². The Labute approximate surface area is 115 Å². The molecule has 0 aliphatic heterocycles. The molecule has 0 bridgehead atoms. The summed E-state index contributed by atoms with van der Waals surface area (Å²) in [5, 5.41) is 0. The molecular formula is C15H24N2O2. The maximum Gasteiger partial charge on any atom is 0.340 e. The summed E-state index contributed by atoms with van der Waals surface area (Å²) >= 11 is 0. The Balaban J connectivity index is 3.18. The predicted molar refractivity (Wildman–Crippen MR) is 79.6 cm³/mol. The first kappa shape index (κ1) is 15.3. The van der Waals surface area contributed by atoms with Crippen LogP contribution in [-0.2, 0) is 4.74 Å². The second kappa shape index (κ2) is 5.95. The Morgan fingerprint density at radius 1 is 1.37 bits per heavy atom. The summed E-state index contributed by atoms with van der Waals surface area (Å²) in [4.78, 5) is 13.9. The van der Waals surface area contributed by atoms with Gasteiger partial charge in [0, 0.05) is 12.6 Å². The molecule has 0 unspecified atom stereocenters. The molecule has 1 aromatic carbocycles. The van der Waals surface area contributed by atoms with Crippen LogP contribution in [0.2, 0.25) is 0 Å². The van der Waals surface area contributed by atoms with Crippen LogP contribution in [0.15, 0.2) is 18.2 Å². The van der Waals surface area contributed by atoms with Gasteiger partial charge in [0.2, 0.25) is 0 Å². The van der Waals surface area contributed by atoms with Crippen LogP contribution in [0, 0.1) is 0 Å². The fraction of sp³-hybridized carbons (Fsp3) is 0.533. The lowest BCUT2D eigenvalue weighted by molar-refractivity contribution is 0.0527. The summed E-state index contributed by atoms with van der Waals surface area (Å²) in [5.41, 5.74) is 7.86. The normalized spacial score (nSPS) is 11.2. The molecule has 0 aromatic heterocycles. The third-order valence-corrected chi connectivity index (χ3v) is 3.71. The van der Waals surface area contributed by atoms with Gasteiger partial charge in [-0.2, -0.15) is 0 Å². The number of para-hydroxylation sites is 1. The third-order valence-electron chi connectivity index (χ3n) is 3.71. The van der Waals surface area contributed by atoms with Crippen molar-refractivity contribution in [2.24, 2.45) is 0 Å². The van der Waals surface area contributed by atoms with Crippen LogP contribution in [0.1, 0.15) is 44.5 Å². The number of carbonyl (C=O) groups is 1. The van der Waals surface area contributed by atoms with E-state index in [2.05, 4.69) is 25.7 Å². The third kappa shape index (κ3) is 3.19. The molecule has 1 rings (SSSR count). The number of hydrogen-bond donors (Lipinski definition) is 1. The molecule has 4 heteroatoms. The minimum Gasteiger partial charge on any atom is -0.462 e. The lowest BCUT2D eigenvalue weighted by Crippen LogP contribution is -2.41. The van der Waals surface area contributed by atoms with Crippen molar-refractivity contribution in [1.82, 2.24) is 0 Å². The fourth-order valence-corrected chi connectivity index (χ4v) is 1.80. The lowest BCUT2D eigenvalue weighted by atomic mass is 9.98. The van der Waals surface area contributed by atoms with E-state index in [0.717, 1.165) is 12.1 Å². The summed E-state index contributed by atoms with van der Waals surface area (Å²) in [6.07, 6.45) is 0.979. The quantitative estimate of drug-likeness (QED) is 0.656. The topological polar surface area (TPSA) is 55.6 Å². The molecule has 4 nitrogen and oxygen atoms in total. The van der Waals surface area contributed by atoms with E-state index >= 15 is 0 Å². The van der Waals surface area contributed by atoms with E-state index in [1.807, 2.05) is 19.2 Å². The second-order valence-electron chi connectivity index (χ2n) is 5.18. The zero-order chi connectivity index (χ0) is 14.6. The largest absolute Gasteiger partial charge is 0.462 e. The van der Waals surface area contributed by atoms with Crippen molar-refractivity contribution in [3.05, 3.63) is 23.8 Å². The first-order valence-electron chi connectivity index (χ1n) is 6.64. The number of rotatable bonds is 5. The maximum absolute atomic E-state index is 11.8. The van der Waals surface area contributed by atoms with Crippen molar-refractivity contribution in [1.29, 1.82) is 0 Å². The average Bonchev–Trinajstić information content (AvgIpc) is 2.38. The Morgan fingerprint density at radius 2 is 2.00 bits per heavy atom. The molecule has 0 radical (unpaired) electrons. The number of nitrogens with zero attached hydrogens (tertiary/aromatic N) is 1. The molecule has 106 valence electrons. The summed E-state index contributed by atoms with van der Waals surface area (Å²) in [6.45, 7) is 8.54.